The van der Waals surface area contributed by atoms with Crippen LogP contribution >= 0.6 is 0 Å². The van der Waals surface area contributed by atoms with E-state index in [-0.39, 0.29) is 5.78 Å². The minimum absolute atomic E-state index is 0.278. The Morgan fingerprint density at radius 3 is 1.89 bits per heavy atom. The number of nitrogens with zero attached hydrogens (tertiary/aromatic N) is 1. The van der Waals surface area contributed by atoms with Gasteiger partial charge in [-0.2, -0.15) is 0 Å². The van der Waals surface area contributed by atoms with Crippen LogP contribution in [-0.4, -0.2) is 30.3 Å². The van der Waals surface area contributed by atoms with Gasteiger partial charge in [0.2, 0.25) is 0 Å². The van der Waals surface area contributed by atoms with E-state index in [0.717, 1.165) is 50.9 Å². The van der Waals surface area contributed by atoms with E-state index in [1.54, 1.807) is 5.57 Å². The van der Waals surface area contributed by atoms with Crippen LogP contribution in [0.4, 0.5) is 0 Å². The van der Waals surface area contributed by atoms with Crippen LogP contribution in [-0.2, 0) is 6.42 Å². The number of piperidine rings is 1. The average Bonchev–Trinajstić information content (AvgIpc) is 2.94. The zero-order chi connectivity index (χ0) is 25.0. The number of aryl methyl sites for hydroxylation is 1. The summed E-state index contributed by atoms with van der Waals surface area (Å²) >= 11 is 0. The maximum Gasteiger partial charge on any atom is 0.162 e. The number of carbonyl (C=O) groups is 1. The van der Waals surface area contributed by atoms with E-state index in [2.05, 4.69) is 84.6 Å². The number of hydrogen-bond donors (Lipinski definition) is 0. The van der Waals surface area contributed by atoms with Gasteiger partial charge in [-0.15, -0.1) is 0 Å². The topological polar surface area (TPSA) is 20.3 Å². The predicted molar refractivity (Wildman–Crippen MR) is 152 cm³/mol. The summed E-state index contributed by atoms with van der Waals surface area (Å²) in [5.74, 6) is 0.278. The van der Waals surface area contributed by atoms with Crippen LogP contribution in [0.1, 0.15) is 85.3 Å². The highest BCUT2D eigenvalue weighted by molar-refractivity contribution is 5.96. The maximum absolute atomic E-state index is 12.7. The number of hydrogen-bond acceptors (Lipinski definition) is 2. The predicted octanol–water partition coefficient (Wildman–Crippen LogP) is 8.37. The molecule has 1 fully saturated rings. The molecule has 188 valence electrons. The molecule has 0 unspecified atom stereocenters. The van der Waals surface area contributed by atoms with Crippen LogP contribution in [0.3, 0.4) is 0 Å². The van der Waals surface area contributed by atoms with Crippen molar-refractivity contribution >= 4 is 11.4 Å². The second-order valence-electron chi connectivity index (χ2n) is 10.1. The summed E-state index contributed by atoms with van der Waals surface area (Å²) in [5, 5.41) is 0. The Labute approximate surface area is 218 Å². The van der Waals surface area contributed by atoms with Crippen LogP contribution in [0.5, 0.6) is 0 Å². The molecule has 0 atom stereocenters. The van der Waals surface area contributed by atoms with Crippen molar-refractivity contribution in [2.75, 3.05) is 19.6 Å². The molecule has 0 radical (unpaired) electrons. The number of ketones is 1. The first-order chi connectivity index (χ1) is 17.7. The molecular weight excluding hydrogens is 438 g/mol. The third-order valence-electron chi connectivity index (χ3n) is 7.41. The Balaban J connectivity index is 1.26. The van der Waals surface area contributed by atoms with Gasteiger partial charge in [0.1, 0.15) is 0 Å². The second kappa shape index (κ2) is 13.9. The van der Waals surface area contributed by atoms with E-state index in [4.69, 9.17) is 0 Å². The zero-order valence-electron chi connectivity index (χ0n) is 21.9. The molecule has 0 spiro atoms. The molecule has 3 aromatic carbocycles. The first-order valence-electron chi connectivity index (χ1n) is 13.9. The molecule has 0 bridgehead atoms. The summed E-state index contributed by atoms with van der Waals surface area (Å²) in [6, 6.07) is 30.0. The molecule has 0 N–H and O–H groups in total. The number of carbonyl (C=O) groups excluding carboxylic acids is 1. The quantitative estimate of drug-likeness (QED) is 0.192. The van der Waals surface area contributed by atoms with E-state index in [0.29, 0.717) is 6.42 Å². The maximum atomic E-state index is 12.7. The van der Waals surface area contributed by atoms with E-state index in [1.165, 1.54) is 47.9 Å². The van der Waals surface area contributed by atoms with Crippen LogP contribution in [0, 0.1) is 0 Å². The van der Waals surface area contributed by atoms with Crippen LogP contribution in [0.25, 0.3) is 5.57 Å². The fourth-order valence-electron chi connectivity index (χ4n) is 5.30. The Hall–Kier alpha value is -2.97. The molecule has 0 saturated carbocycles. The van der Waals surface area contributed by atoms with Crippen molar-refractivity contribution in [2.24, 2.45) is 0 Å². The summed E-state index contributed by atoms with van der Waals surface area (Å²) < 4.78 is 0. The van der Waals surface area contributed by atoms with Crippen LogP contribution in [0.2, 0.25) is 0 Å². The summed E-state index contributed by atoms with van der Waals surface area (Å²) in [5.41, 5.74) is 7.79. The van der Waals surface area contributed by atoms with Crippen molar-refractivity contribution in [3.8, 4) is 0 Å². The van der Waals surface area contributed by atoms with Gasteiger partial charge >= 0.3 is 0 Å². The minimum atomic E-state index is 0.278. The minimum Gasteiger partial charge on any atom is -0.303 e. The van der Waals surface area contributed by atoms with Gasteiger partial charge < -0.3 is 4.90 Å². The smallest absolute Gasteiger partial charge is 0.162 e. The van der Waals surface area contributed by atoms with E-state index in [1.807, 2.05) is 12.1 Å². The molecule has 0 aliphatic carbocycles. The summed E-state index contributed by atoms with van der Waals surface area (Å²) in [7, 11) is 0. The fourth-order valence-corrected chi connectivity index (χ4v) is 5.30. The standard InChI is InChI=1S/C34H41NO/c1-2-3-4-7-13-28-19-21-29(22-20-28)33(36)18-12-25-35-26-23-32(24-27-35)34(30-14-8-5-9-15-30)31-16-10-6-11-17-31/h5-6,8-11,14-17,19-22H,2-4,7,12-13,18,23-27H2,1H3. The molecule has 1 aliphatic rings. The first kappa shape index (κ1) is 26.1. The SMILES string of the molecule is CCCCCCc1ccc(C(=O)CCCN2CCC(=C(c3ccccc3)c3ccccc3)CC2)cc1. The number of likely N-dealkylation sites (tertiary alicyclic amines) is 1. The van der Waals surface area contributed by atoms with Gasteiger partial charge in [0.25, 0.3) is 0 Å². The van der Waals surface area contributed by atoms with Crippen molar-refractivity contribution in [1.29, 1.82) is 0 Å². The van der Waals surface area contributed by atoms with Gasteiger partial charge in [-0.05, 0) is 60.9 Å². The highest BCUT2D eigenvalue weighted by Crippen LogP contribution is 2.32. The highest BCUT2D eigenvalue weighted by atomic mass is 16.1. The van der Waals surface area contributed by atoms with Crippen LogP contribution in [0.15, 0.2) is 90.5 Å². The Morgan fingerprint density at radius 1 is 0.694 bits per heavy atom. The fraction of sp³-hybridized carbons (Fsp3) is 0.382. The molecule has 1 saturated heterocycles. The Kier molecular flexibility index (Phi) is 10.1. The second-order valence-corrected chi connectivity index (χ2v) is 10.1. The monoisotopic (exact) mass is 479 g/mol. The lowest BCUT2D eigenvalue weighted by molar-refractivity contribution is 0.0974. The first-order valence-corrected chi connectivity index (χ1v) is 13.9. The largest absolute Gasteiger partial charge is 0.303 e. The number of rotatable bonds is 12. The molecule has 0 aromatic heterocycles. The van der Waals surface area contributed by atoms with E-state index in [9.17, 15) is 4.79 Å². The van der Waals surface area contributed by atoms with E-state index >= 15 is 0 Å². The highest BCUT2D eigenvalue weighted by Gasteiger charge is 2.19. The molecule has 1 aliphatic heterocycles. The molecular formula is C34H41NO. The molecule has 2 heteroatoms. The zero-order valence-corrected chi connectivity index (χ0v) is 21.9. The van der Waals surface area contributed by atoms with Crippen molar-refractivity contribution in [3.05, 3.63) is 113 Å². The molecule has 4 rings (SSSR count). The summed E-state index contributed by atoms with van der Waals surface area (Å²) in [4.78, 5) is 15.3. The molecule has 2 nitrogen and oxygen atoms in total. The molecule has 0 amide bonds. The van der Waals surface area contributed by atoms with Crippen LogP contribution < -0.4 is 0 Å². The van der Waals surface area contributed by atoms with Gasteiger partial charge in [0.05, 0.1) is 0 Å². The lowest BCUT2D eigenvalue weighted by atomic mass is 9.88. The van der Waals surface area contributed by atoms with Gasteiger partial charge in [0, 0.05) is 25.1 Å². The van der Waals surface area contributed by atoms with E-state index < -0.39 is 0 Å². The normalized spacial score (nSPS) is 14.1. The van der Waals surface area contributed by atoms with Crippen molar-refractivity contribution in [2.45, 2.75) is 64.7 Å². The summed E-state index contributed by atoms with van der Waals surface area (Å²) in [6.45, 7) is 5.38. The lowest BCUT2D eigenvalue weighted by Gasteiger charge is -2.30. The number of Topliss-reactive ketones (excluding diaryl/α,β-unsaturated/α-hetero) is 1. The summed E-state index contributed by atoms with van der Waals surface area (Å²) in [6.07, 6.45) is 9.99. The molecule has 1 heterocycles. The number of benzene rings is 3. The van der Waals surface area contributed by atoms with Gasteiger partial charge in [-0.3, -0.25) is 4.79 Å². The van der Waals surface area contributed by atoms with Gasteiger partial charge in [-0.1, -0.05) is 117 Å². The molecule has 36 heavy (non-hydrogen) atoms. The van der Waals surface area contributed by atoms with Crippen molar-refractivity contribution < 1.29 is 4.79 Å². The molecule has 3 aromatic rings. The Bertz CT molecular complexity index is 1050. The Morgan fingerprint density at radius 2 is 1.31 bits per heavy atom. The van der Waals surface area contributed by atoms with Crippen molar-refractivity contribution in [3.63, 3.8) is 0 Å². The number of unbranched alkanes of at least 4 members (excludes halogenated alkanes) is 3. The lowest BCUT2D eigenvalue weighted by Crippen LogP contribution is -2.32. The third kappa shape index (κ3) is 7.51. The van der Waals surface area contributed by atoms with Crippen molar-refractivity contribution in [1.82, 2.24) is 4.90 Å². The average molecular weight is 480 g/mol. The van der Waals surface area contributed by atoms with Gasteiger partial charge in [0.15, 0.2) is 5.78 Å². The third-order valence-corrected chi connectivity index (χ3v) is 7.41. The van der Waals surface area contributed by atoms with Gasteiger partial charge in [-0.25, -0.2) is 0 Å².